The molecule has 4 amide bonds. The van der Waals surface area contributed by atoms with Gasteiger partial charge in [0.05, 0.1) is 11.1 Å². The van der Waals surface area contributed by atoms with Crippen molar-refractivity contribution in [2.45, 2.75) is 211 Å². The average Bonchev–Trinajstić information content (AvgIpc) is 4.00. The van der Waals surface area contributed by atoms with Crippen molar-refractivity contribution in [3.8, 4) is 0 Å². The van der Waals surface area contributed by atoms with Crippen molar-refractivity contribution >= 4 is 52.5 Å². The van der Waals surface area contributed by atoms with E-state index in [4.69, 9.17) is 9.47 Å². The van der Waals surface area contributed by atoms with Gasteiger partial charge in [0.2, 0.25) is 29.4 Å². The minimum atomic E-state index is -1.31. The van der Waals surface area contributed by atoms with Gasteiger partial charge in [0.1, 0.15) is 18.3 Å². The van der Waals surface area contributed by atoms with E-state index in [0.29, 0.717) is 77.7 Å². The van der Waals surface area contributed by atoms with Gasteiger partial charge >= 0.3 is 0 Å². The molecule has 0 bridgehead atoms. The van der Waals surface area contributed by atoms with E-state index in [1.165, 1.54) is 0 Å². The first-order valence-corrected chi connectivity index (χ1v) is 26.2. The summed E-state index contributed by atoms with van der Waals surface area (Å²) in [5, 5.41) is 22.7. The Hall–Kier alpha value is -3.89. The highest BCUT2D eigenvalue weighted by Crippen LogP contribution is 2.36. The van der Waals surface area contributed by atoms with Crippen LogP contribution in [-0.4, -0.2) is 113 Å². The third-order valence-electron chi connectivity index (χ3n) is 15.7. The van der Waals surface area contributed by atoms with E-state index in [0.717, 1.165) is 77.0 Å². The molecule has 0 radical (unpaired) electrons. The third kappa shape index (κ3) is 15.1. The monoisotopic (exact) mass is 955 g/mol. The quantitative estimate of drug-likeness (QED) is 0.100. The van der Waals surface area contributed by atoms with Crippen LogP contribution in [0.1, 0.15) is 182 Å². The molecule has 16 nitrogen and oxygen atoms in total. The van der Waals surface area contributed by atoms with Crippen molar-refractivity contribution in [3.05, 3.63) is 0 Å². The zero-order valence-corrected chi connectivity index (χ0v) is 41.4. The van der Waals surface area contributed by atoms with Crippen molar-refractivity contribution < 1.29 is 57.7 Å². The van der Waals surface area contributed by atoms with Crippen LogP contribution in [-0.2, 0) is 52.6 Å². The molecule has 2 aliphatic carbocycles. The predicted molar refractivity (Wildman–Crippen MR) is 253 cm³/mol. The van der Waals surface area contributed by atoms with Crippen LogP contribution >= 0.6 is 0 Å². The predicted octanol–water partition coefficient (Wildman–Crippen LogP) is 5.11. The van der Waals surface area contributed by atoms with Crippen molar-refractivity contribution in [1.82, 2.24) is 21.3 Å². The standard InChI is InChI=1S/C26H42N2O6.C26H40N2O6/c2*1-17(2)19(23(31)20(29)15-18-9-4-7-13-27-24(18)32)16-22(30)26(11-5-3-6-12-26)28-25(33)21-10-8-14-34-21/h17-19,21,23,31H,3-16H2,1-2H3,(H,27,32)(H,28,33);17-19,21H,3-16H2,1-2H3,(H,27,32)(H,28,33)/t18-,19+,21+,23+;18-,19+,21+/m11/s1. The highest BCUT2D eigenvalue weighted by Gasteiger charge is 2.46. The lowest BCUT2D eigenvalue weighted by Crippen LogP contribution is -2.58. The highest BCUT2D eigenvalue weighted by atomic mass is 16.5. The third-order valence-corrected chi connectivity index (χ3v) is 15.7. The summed E-state index contributed by atoms with van der Waals surface area (Å²) in [7, 11) is 0. The lowest BCUT2D eigenvalue weighted by Gasteiger charge is -2.39. The zero-order valence-electron chi connectivity index (χ0n) is 41.4. The number of rotatable bonds is 20. The summed E-state index contributed by atoms with van der Waals surface area (Å²) in [4.78, 5) is 116. The van der Waals surface area contributed by atoms with Crippen LogP contribution < -0.4 is 21.3 Å². The number of hydrogen-bond donors (Lipinski definition) is 5. The van der Waals surface area contributed by atoms with Crippen LogP contribution in [0.25, 0.3) is 0 Å². The molecule has 0 aromatic carbocycles. The Morgan fingerprint density at radius 2 is 1.04 bits per heavy atom. The molecule has 2 saturated carbocycles. The van der Waals surface area contributed by atoms with E-state index < -0.39 is 64.6 Å². The van der Waals surface area contributed by atoms with Gasteiger partial charge in [-0.05, 0) is 88.9 Å². The maximum atomic E-state index is 13.7. The second kappa shape index (κ2) is 26.4. The molecule has 7 atom stereocenters. The first-order chi connectivity index (χ1) is 32.5. The normalized spacial score (nSPS) is 26.3. The van der Waals surface area contributed by atoms with Crippen molar-refractivity contribution in [2.24, 2.45) is 35.5 Å². The Morgan fingerprint density at radius 1 is 0.588 bits per heavy atom. The molecule has 0 spiro atoms. The van der Waals surface area contributed by atoms with Gasteiger partial charge in [-0.2, -0.15) is 0 Å². The van der Waals surface area contributed by atoms with Crippen LogP contribution in [0.2, 0.25) is 0 Å². The van der Waals surface area contributed by atoms with Gasteiger partial charge in [-0.15, -0.1) is 0 Å². The fourth-order valence-corrected chi connectivity index (χ4v) is 11.1. The van der Waals surface area contributed by atoms with Gasteiger partial charge < -0.3 is 35.8 Å². The molecular weight excluding hydrogens is 873 g/mol. The Bertz CT molecular complexity index is 1770. The number of amides is 4. The number of Topliss-reactive ketones (excluding diaryl/α,β-unsaturated/α-hetero) is 5. The zero-order chi connectivity index (χ0) is 49.4. The molecular formula is C52H82N4O12. The van der Waals surface area contributed by atoms with Gasteiger partial charge in [0, 0.05) is 75.7 Å². The summed E-state index contributed by atoms with van der Waals surface area (Å²) in [6.45, 7) is 9.78. The number of ketones is 5. The molecule has 4 aliphatic heterocycles. The smallest absolute Gasteiger partial charge is 0.249 e. The van der Waals surface area contributed by atoms with Crippen LogP contribution in [0.3, 0.4) is 0 Å². The van der Waals surface area contributed by atoms with Gasteiger partial charge in [-0.3, -0.25) is 43.2 Å². The molecule has 4 saturated heterocycles. The van der Waals surface area contributed by atoms with Crippen LogP contribution in [0, 0.1) is 35.5 Å². The number of aliphatic hydroxyl groups is 1. The van der Waals surface area contributed by atoms with E-state index >= 15 is 0 Å². The molecule has 16 heteroatoms. The first-order valence-electron chi connectivity index (χ1n) is 26.2. The molecule has 0 aromatic heterocycles. The molecule has 0 unspecified atom stereocenters. The molecule has 0 aromatic rings. The van der Waals surface area contributed by atoms with Gasteiger partial charge in [-0.1, -0.05) is 79.1 Å². The number of nitrogens with one attached hydrogen (secondary N) is 4. The molecule has 4 heterocycles. The number of hydrogen-bond acceptors (Lipinski definition) is 12. The highest BCUT2D eigenvalue weighted by molar-refractivity contribution is 6.38. The second-order valence-electron chi connectivity index (χ2n) is 21.4. The largest absolute Gasteiger partial charge is 0.385 e. The van der Waals surface area contributed by atoms with Crippen LogP contribution in [0.5, 0.6) is 0 Å². The van der Waals surface area contributed by atoms with Gasteiger partial charge in [0.25, 0.3) is 0 Å². The lowest BCUT2D eigenvalue weighted by molar-refractivity contribution is -0.144. The minimum absolute atomic E-state index is 0.00862. The lowest BCUT2D eigenvalue weighted by atomic mass is 9.73. The number of aliphatic hydroxyl groups excluding tert-OH is 1. The van der Waals surface area contributed by atoms with E-state index in [2.05, 4.69) is 21.3 Å². The summed E-state index contributed by atoms with van der Waals surface area (Å²) in [5.41, 5.74) is -1.96. The van der Waals surface area contributed by atoms with E-state index in [9.17, 15) is 48.3 Å². The van der Waals surface area contributed by atoms with Crippen LogP contribution in [0.4, 0.5) is 0 Å². The molecule has 382 valence electrons. The maximum Gasteiger partial charge on any atom is 0.249 e. The second-order valence-corrected chi connectivity index (χ2v) is 21.4. The molecule has 6 rings (SSSR count). The minimum Gasteiger partial charge on any atom is -0.385 e. The fraction of sp³-hybridized carbons (Fsp3) is 0.827. The molecule has 5 N–H and O–H groups in total. The Kier molecular flexibility index (Phi) is 21.3. The molecule has 6 aliphatic rings. The van der Waals surface area contributed by atoms with E-state index in [-0.39, 0.29) is 78.5 Å². The number of carbonyl (C=O) groups excluding carboxylic acids is 9. The van der Waals surface area contributed by atoms with Crippen LogP contribution in [0.15, 0.2) is 0 Å². The van der Waals surface area contributed by atoms with Crippen molar-refractivity contribution in [3.63, 3.8) is 0 Å². The Labute approximate surface area is 403 Å². The molecule has 68 heavy (non-hydrogen) atoms. The SMILES string of the molecule is CC(C)[C@H](CC(=O)C1(NC(=O)[C@@H]2CCCO2)CCCCC1)C(=O)C(=O)C[C@H]1CCCCNC1=O.CC(C)[C@H](CC(=O)C1(NC(=O)[C@@H]2CCCO2)CCCCC1)[C@H](O)C(=O)C[C@H]1CCCCNC1=O. The summed E-state index contributed by atoms with van der Waals surface area (Å²) >= 11 is 0. The fourth-order valence-electron chi connectivity index (χ4n) is 11.1. The van der Waals surface area contributed by atoms with Gasteiger partial charge in [-0.25, -0.2) is 0 Å². The van der Waals surface area contributed by atoms with Crippen molar-refractivity contribution in [1.29, 1.82) is 0 Å². The maximum absolute atomic E-state index is 13.7. The summed E-state index contributed by atoms with van der Waals surface area (Å²) < 4.78 is 11.0. The summed E-state index contributed by atoms with van der Waals surface area (Å²) in [6, 6.07) is 0. The average molecular weight is 955 g/mol. The number of ether oxygens (including phenoxy) is 2. The molecule has 6 fully saturated rings. The Balaban J connectivity index is 0.000000254. The summed E-state index contributed by atoms with van der Waals surface area (Å²) in [6.07, 6.45) is 12.7. The number of carbonyl (C=O) groups is 9. The topological polar surface area (TPSA) is 240 Å². The van der Waals surface area contributed by atoms with Gasteiger partial charge in [0.15, 0.2) is 23.1 Å². The first kappa shape index (κ1) is 55.0. The Morgan fingerprint density at radius 3 is 1.47 bits per heavy atom. The van der Waals surface area contributed by atoms with E-state index in [1.54, 1.807) is 0 Å². The van der Waals surface area contributed by atoms with Crippen molar-refractivity contribution in [2.75, 3.05) is 26.3 Å². The van der Waals surface area contributed by atoms with E-state index in [1.807, 2.05) is 27.7 Å². The summed E-state index contributed by atoms with van der Waals surface area (Å²) in [5.74, 6) is -5.16.